The van der Waals surface area contributed by atoms with E-state index in [1.807, 2.05) is 0 Å². The molecule has 0 bridgehead atoms. The van der Waals surface area contributed by atoms with Gasteiger partial charge in [0.25, 0.3) is 0 Å². The SMILES string of the molecule is N[C@@H](CCCCNC(=O)CC[C@H](NC(=O)CC[C@H](NC(=O)CC[C@H](NC(=O)CC[C@H](NC(=O)CCCCCCCCCCCCCCC(=O)O)C(=O)O)C(=O)O)C(=O)O)C(=O)O)C(O)O. The van der Waals surface area contributed by atoms with Gasteiger partial charge in [-0.2, -0.15) is 0 Å². The Morgan fingerprint density at radius 1 is 0.354 bits per heavy atom. The summed E-state index contributed by atoms with van der Waals surface area (Å²) in [5.74, 6) is -10.4. The lowest BCUT2D eigenvalue weighted by Crippen LogP contribution is -2.45. The number of hydrogen-bond donors (Lipinski definition) is 13. The van der Waals surface area contributed by atoms with Crippen LogP contribution < -0.4 is 32.3 Å². The zero-order chi connectivity index (χ0) is 49.2. The van der Waals surface area contributed by atoms with E-state index in [1.54, 1.807) is 0 Å². The number of carboxylic acids is 5. The van der Waals surface area contributed by atoms with Crippen LogP contribution in [0.15, 0.2) is 0 Å². The Balaban J connectivity index is 4.61. The van der Waals surface area contributed by atoms with Gasteiger partial charge in [-0.3, -0.25) is 28.8 Å². The van der Waals surface area contributed by atoms with Gasteiger partial charge in [0.05, 0.1) is 6.04 Å². The second-order valence-electron chi connectivity index (χ2n) is 16.0. The number of amides is 5. The number of nitrogens with one attached hydrogen (secondary N) is 5. The molecule has 0 rings (SSSR count). The van der Waals surface area contributed by atoms with Gasteiger partial charge in [0, 0.05) is 45.1 Å². The van der Waals surface area contributed by atoms with Crippen molar-refractivity contribution in [2.45, 2.75) is 197 Å². The van der Waals surface area contributed by atoms with Crippen LogP contribution >= 0.6 is 0 Å². The van der Waals surface area contributed by atoms with E-state index in [9.17, 15) is 68.4 Å². The molecule has 5 atom stereocenters. The zero-order valence-electron chi connectivity index (χ0n) is 37.1. The summed E-state index contributed by atoms with van der Waals surface area (Å²) in [4.78, 5) is 120. The quantitative estimate of drug-likeness (QED) is 0.0298. The molecule has 14 N–H and O–H groups in total. The maximum atomic E-state index is 12.6. The van der Waals surface area contributed by atoms with Crippen molar-refractivity contribution >= 4 is 59.4 Å². The van der Waals surface area contributed by atoms with E-state index in [2.05, 4.69) is 26.6 Å². The van der Waals surface area contributed by atoms with Gasteiger partial charge in [0.15, 0.2) is 6.29 Å². The maximum Gasteiger partial charge on any atom is 0.326 e. The van der Waals surface area contributed by atoms with Gasteiger partial charge in [0.1, 0.15) is 24.2 Å². The Morgan fingerprint density at radius 2 is 0.646 bits per heavy atom. The van der Waals surface area contributed by atoms with Crippen LogP contribution in [0.25, 0.3) is 0 Å². The largest absolute Gasteiger partial charge is 0.481 e. The number of hydrogen-bond acceptors (Lipinski definition) is 13. The van der Waals surface area contributed by atoms with Crippen molar-refractivity contribution in [3.8, 4) is 0 Å². The molecule has 65 heavy (non-hydrogen) atoms. The van der Waals surface area contributed by atoms with E-state index < -0.39 is 128 Å². The van der Waals surface area contributed by atoms with E-state index in [0.29, 0.717) is 32.1 Å². The molecule has 0 fully saturated rings. The zero-order valence-corrected chi connectivity index (χ0v) is 37.1. The first kappa shape index (κ1) is 59.6. The van der Waals surface area contributed by atoms with E-state index in [4.69, 9.17) is 21.1 Å². The minimum Gasteiger partial charge on any atom is -0.481 e. The lowest BCUT2D eigenvalue weighted by Gasteiger charge is -2.18. The molecule has 0 spiro atoms. The molecule has 0 aromatic carbocycles. The van der Waals surface area contributed by atoms with Crippen LogP contribution in [0, 0.1) is 0 Å². The minimum absolute atomic E-state index is 0.0880. The summed E-state index contributed by atoms with van der Waals surface area (Å²) in [7, 11) is 0. The summed E-state index contributed by atoms with van der Waals surface area (Å²) >= 11 is 0. The Labute approximate surface area is 378 Å². The Morgan fingerprint density at radius 3 is 0.954 bits per heavy atom. The highest BCUT2D eigenvalue weighted by Crippen LogP contribution is 2.14. The molecule has 0 saturated heterocycles. The van der Waals surface area contributed by atoms with Crippen molar-refractivity contribution in [3.05, 3.63) is 0 Å². The summed E-state index contributed by atoms with van der Waals surface area (Å²) in [5.41, 5.74) is 5.51. The first-order valence-electron chi connectivity index (χ1n) is 22.4. The maximum absolute atomic E-state index is 12.6. The normalized spacial score (nSPS) is 13.4. The average molecular weight is 933 g/mol. The van der Waals surface area contributed by atoms with Crippen LogP contribution in [0.4, 0.5) is 0 Å². The first-order valence-corrected chi connectivity index (χ1v) is 22.4. The van der Waals surface area contributed by atoms with Crippen molar-refractivity contribution in [2.24, 2.45) is 5.73 Å². The highest BCUT2D eigenvalue weighted by Gasteiger charge is 2.27. The fraction of sp³-hybridized carbons (Fsp3) is 0.762. The highest BCUT2D eigenvalue weighted by atomic mass is 16.5. The van der Waals surface area contributed by atoms with E-state index in [0.717, 1.165) is 64.2 Å². The third-order valence-corrected chi connectivity index (χ3v) is 10.4. The van der Waals surface area contributed by atoms with Gasteiger partial charge in [0.2, 0.25) is 29.5 Å². The second kappa shape index (κ2) is 35.9. The lowest BCUT2D eigenvalue weighted by atomic mass is 10.0. The van der Waals surface area contributed by atoms with E-state index >= 15 is 0 Å². The summed E-state index contributed by atoms with van der Waals surface area (Å²) < 4.78 is 0. The smallest absolute Gasteiger partial charge is 0.326 e. The number of carbonyl (C=O) groups excluding carboxylic acids is 5. The molecule has 23 heteroatoms. The van der Waals surface area contributed by atoms with Crippen LogP contribution in [-0.2, 0) is 47.9 Å². The number of unbranched alkanes of at least 4 members (excludes halogenated alkanes) is 12. The van der Waals surface area contributed by atoms with Gasteiger partial charge in [-0.25, -0.2) is 19.2 Å². The molecule has 0 aliphatic carbocycles. The highest BCUT2D eigenvalue weighted by molar-refractivity contribution is 5.88. The minimum atomic E-state index is -1.66. The molecule has 0 radical (unpaired) electrons. The second-order valence-corrected chi connectivity index (χ2v) is 16.0. The lowest BCUT2D eigenvalue weighted by molar-refractivity contribution is -0.144. The molecule has 5 amide bonds. The van der Waals surface area contributed by atoms with Gasteiger partial charge in [-0.1, -0.05) is 64.2 Å². The third-order valence-electron chi connectivity index (χ3n) is 10.4. The average Bonchev–Trinajstić information content (AvgIpc) is 3.23. The van der Waals surface area contributed by atoms with Gasteiger partial charge in [-0.15, -0.1) is 0 Å². The van der Waals surface area contributed by atoms with Gasteiger partial charge in [-0.05, 0) is 57.8 Å². The molecular formula is C42H72N6O17. The fourth-order valence-corrected chi connectivity index (χ4v) is 6.50. The Hall–Kier alpha value is -5.42. The number of carbonyl (C=O) groups is 10. The molecule has 0 heterocycles. The molecule has 0 unspecified atom stereocenters. The van der Waals surface area contributed by atoms with Crippen molar-refractivity contribution in [3.63, 3.8) is 0 Å². The molecule has 0 aromatic heterocycles. The number of carboxylic acid groups (broad SMARTS) is 5. The molecule has 0 aliphatic rings. The van der Waals surface area contributed by atoms with Crippen molar-refractivity contribution in [2.75, 3.05) is 6.54 Å². The van der Waals surface area contributed by atoms with Gasteiger partial charge >= 0.3 is 29.8 Å². The number of nitrogens with two attached hydrogens (primary N) is 1. The van der Waals surface area contributed by atoms with Crippen molar-refractivity contribution in [1.29, 1.82) is 0 Å². The summed E-state index contributed by atoms with van der Waals surface area (Å²) in [6, 6.07) is -7.00. The molecular weight excluding hydrogens is 860 g/mol. The van der Waals surface area contributed by atoms with Crippen LogP contribution in [0.3, 0.4) is 0 Å². The van der Waals surface area contributed by atoms with Gasteiger partial charge < -0.3 is 68.1 Å². The fourth-order valence-electron chi connectivity index (χ4n) is 6.50. The summed E-state index contributed by atoms with van der Waals surface area (Å²) in [6.45, 7) is 0.218. The van der Waals surface area contributed by atoms with Crippen LogP contribution in [0.1, 0.15) is 161 Å². The number of rotatable bonds is 41. The summed E-state index contributed by atoms with van der Waals surface area (Å²) in [5, 5.41) is 76.3. The predicted molar refractivity (Wildman–Crippen MR) is 231 cm³/mol. The molecule has 23 nitrogen and oxygen atoms in total. The molecule has 0 saturated carbocycles. The van der Waals surface area contributed by atoms with Crippen LogP contribution in [0.2, 0.25) is 0 Å². The predicted octanol–water partition coefficient (Wildman–Crippen LogP) is 0.855. The monoisotopic (exact) mass is 932 g/mol. The van der Waals surface area contributed by atoms with Crippen LogP contribution in [-0.4, -0.2) is 138 Å². The number of aliphatic hydroxyl groups is 2. The Bertz CT molecular complexity index is 1510. The van der Waals surface area contributed by atoms with Crippen molar-refractivity contribution < 1.29 is 83.7 Å². The van der Waals surface area contributed by atoms with E-state index in [1.165, 1.54) is 0 Å². The Kier molecular flexibility index (Phi) is 32.9. The number of aliphatic carboxylic acids is 5. The number of aliphatic hydroxyl groups excluding tert-OH is 1. The topological polar surface area (TPSA) is 398 Å². The summed E-state index contributed by atoms with van der Waals surface area (Å²) in [6.07, 6.45) is 7.77. The molecule has 0 aliphatic heterocycles. The molecule has 372 valence electrons. The standard InChI is InChI=1S/C42H72N6O17/c43-27(38(56)57)15-13-14-26-44-32(49)22-18-28(39(58)59)46-34(51)24-20-30(41(62)63)48-36(53)25-21-31(42(64)65)47-35(52)23-19-29(40(60)61)45-33(50)16-11-9-7-5-3-1-2-4-6-8-10-12-17-37(54)55/h27-31,38,56-57H,1-26,43H2,(H,44,49)(H,45,50)(H,46,51)(H,47,52)(H,48,53)(H,54,55)(H,58,59)(H,60,61)(H,62,63)(H,64,65)/t27-,28-,29-,30-,31-/m0/s1. The van der Waals surface area contributed by atoms with Crippen LogP contribution in [0.5, 0.6) is 0 Å². The van der Waals surface area contributed by atoms with Crippen molar-refractivity contribution in [1.82, 2.24) is 26.6 Å². The molecule has 0 aromatic rings. The third kappa shape index (κ3) is 32.8. The van der Waals surface area contributed by atoms with E-state index in [-0.39, 0.29) is 38.6 Å². The first-order chi connectivity index (χ1) is 30.7.